The van der Waals surface area contributed by atoms with E-state index in [9.17, 15) is 5.11 Å². The average molecular weight is 296 g/mol. The van der Waals surface area contributed by atoms with Crippen LogP contribution in [0.3, 0.4) is 0 Å². The van der Waals surface area contributed by atoms with E-state index in [1.807, 2.05) is 0 Å². The largest absolute Gasteiger partial charge is 0.388 e. The maximum atomic E-state index is 9.33. The van der Waals surface area contributed by atoms with Gasteiger partial charge in [-0.1, -0.05) is 18.2 Å². The molecule has 0 aromatic carbocycles. The van der Waals surface area contributed by atoms with Crippen molar-refractivity contribution in [3.8, 4) is 0 Å². The number of hydrogen-bond donors (Lipinski definition) is 1. The minimum absolute atomic E-state index is 0.00454. The van der Waals surface area contributed by atoms with E-state index in [4.69, 9.17) is 0 Å². The van der Waals surface area contributed by atoms with Crippen molar-refractivity contribution in [2.24, 2.45) is 0 Å². The molecule has 1 aromatic heterocycles. The molecule has 2 heterocycles. The number of rotatable bonds is 6. The van der Waals surface area contributed by atoms with Crippen LogP contribution >= 0.6 is 11.8 Å². The Morgan fingerprint density at radius 3 is 2.80 bits per heavy atom. The first-order valence-electron chi connectivity index (χ1n) is 7.67. The molecule has 1 saturated heterocycles. The van der Waals surface area contributed by atoms with Crippen LogP contribution in [0.1, 0.15) is 50.4 Å². The summed E-state index contributed by atoms with van der Waals surface area (Å²) in [5, 5.41) is 18.7. The highest BCUT2D eigenvalue weighted by Crippen LogP contribution is 2.39. The third-order valence-electron chi connectivity index (χ3n) is 4.39. The Bertz CT molecular complexity index is 446. The molecule has 0 amide bonds. The topological polar surface area (TPSA) is 54.2 Å². The van der Waals surface area contributed by atoms with Gasteiger partial charge in [0, 0.05) is 17.8 Å². The molecule has 1 atom stereocenters. The molecule has 1 aromatic rings. The predicted molar refractivity (Wildman–Crippen MR) is 79.8 cm³/mol. The summed E-state index contributed by atoms with van der Waals surface area (Å²) in [4.78, 5) is 2.49. The number of aromatic nitrogens is 3. The molecule has 1 N–H and O–H groups in total. The Morgan fingerprint density at radius 2 is 2.10 bits per heavy atom. The highest BCUT2D eigenvalue weighted by Gasteiger charge is 2.29. The van der Waals surface area contributed by atoms with Gasteiger partial charge in [-0.25, -0.2) is 0 Å². The third kappa shape index (κ3) is 3.18. The fraction of sp³-hybridized carbons (Fsp3) is 0.857. The molecule has 0 spiro atoms. The average Bonchev–Trinajstić information content (AvgIpc) is 3.22. The van der Waals surface area contributed by atoms with Gasteiger partial charge in [0.25, 0.3) is 0 Å². The first-order valence-corrected chi connectivity index (χ1v) is 8.66. The van der Waals surface area contributed by atoms with Gasteiger partial charge in [-0.15, -0.1) is 10.2 Å². The molecular formula is C14H24N4OS. The minimum atomic E-state index is -0.00454. The van der Waals surface area contributed by atoms with Crippen LogP contribution in [-0.4, -0.2) is 50.2 Å². The van der Waals surface area contributed by atoms with Crippen LogP contribution in [0.5, 0.6) is 0 Å². The van der Waals surface area contributed by atoms with Gasteiger partial charge in [-0.2, -0.15) is 0 Å². The number of hydrogen-bond acceptors (Lipinski definition) is 5. The lowest BCUT2D eigenvalue weighted by Gasteiger charge is -2.32. The fourth-order valence-electron chi connectivity index (χ4n) is 3.01. The summed E-state index contributed by atoms with van der Waals surface area (Å²) in [6.45, 7) is 1.23. The van der Waals surface area contributed by atoms with Crippen molar-refractivity contribution >= 4 is 11.8 Å². The van der Waals surface area contributed by atoms with Gasteiger partial charge in [-0.3, -0.25) is 0 Å². The highest BCUT2D eigenvalue weighted by atomic mass is 32.2. The summed E-state index contributed by atoms with van der Waals surface area (Å²) in [6, 6.07) is 1.26. The summed E-state index contributed by atoms with van der Waals surface area (Å²) < 4.78 is 2.15. The lowest BCUT2D eigenvalue weighted by atomic mass is 10.0. The van der Waals surface area contributed by atoms with E-state index in [-0.39, 0.29) is 6.61 Å². The van der Waals surface area contributed by atoms with E-state index >= 15 is 0 Å². The first-order chi connectivity index (χ1) is 9.79. The molecule has 1 saturated carbocycles. The Kier molecular flexibility index (Phi) is 4.63. The Labute approximate surface area is 124 Å². The quantitative estimate of drug-likeness (QED) is 0.815. The van der Waals surface area contributed by atoms with Gasteiger partial charge in [0.05, 0.1) is 0 Å². The Morgan fingerprint density at radius 1 is 1.25 bits per heavy atom. The van der Waals surface area contributed by atoms with Crippen LogP contribution in [0.25, 0.3) is 0 Å². The van der Waals surface area contributed by atoms with E-state index in [1.54, 1.807) is 11.8 Å². The van der Waals surface area contributed by atoms with E-state index < -0.39 is 0 Å². The summed E-state index contributed by atoms with van der Waals surface area (Å²) in [5.41, 5.74) is 0. The molecule has 0 unspecified atom stereocenters. The second-order valence-electron chi connectivity index (χ2n) is 5.93. The minimum Gasteiger partial charge on any atom is -0.388 e. The van der Waals surface area contributed by atoms with Crippen LogP contribution in [0.2, 0.25) is 0 Å². The van der Waals surface area contributed by atoms with Crippen molar-refractivity contribution in [1.82, 2.24) is 19.7 Å². The summed E-state index contributed by atoms with van der Waals surface area (Å²) in [6.07, 6.45) is 7.65. The number of aliphatic hydroxyl groups is 1. The van der Waals surface area contributed by atoms with Gasteiger partial charge in [-0.05, 0) is 45.7 Å². The van der Waals surface area contributed by atoms with Crippen molar-refractivity contribution in [2.45, 2.75) is 62.4 Å². The predicted octanol–water partition coefficient (Wildman–Crippen LogP) is 2.07. The second kappa shape index (κ2) is 6.45. The molecule has 6 heteroatoms. The number of thioether (sulfide) groups is 1. The molecule has 0 bridgehead atoms. The molecule has 1 aliphatic heterocycles. The Balaban J connectivity index is 1.54. The molecule has 0 radical (unpaired) electrons. The molecule has 5 nitrogen and oxygen atoms in total. The molecule has 2 fully saturated rings. The van der Waals surface area contributed by atoms with E-state index in [0.717, 1.165) is 22.8 Å². The number of aliphatic hydroxyl groups excluding tert-OH is 1. The van der Waals surface area contributed by atoms with Gasteiger partial charge in [0.15, 0.2) is 11.0 Å². The number of nitrogens with zero attached hydrogens (tertiary/aromatic N) is 4. The van der Waals surface area contributed by atoms with Crippen LogP contribution in [-0.2, 0) is 6.61 Å². The molecule has 112 valence electrons. The highest BCUT2D eigenvalue weighted by molar-refractivity contribution is 7.99. The van der Waals surface area contributed by atoms with Crippen LogP contribution in [0.15, 0.2) is 5.16 Å². The van der Waals surface area contributed by atoms with Crippen molar-refractivity contribution in [3.63, 3.8) is 0 Å². The monoisotopic (exact) mass is 296 g/mol. The molecule has 2 aliphatic rings. The standard InChI is InChI=1S/C14H24N4OS/c1-17-8-3-2-4-11(17)7-9-20-14-16-15-13(10-19)18(14)12-5-6-12/h11-12,19H,2-10H2,1H3/t11-/m1/s1. The smallest absolute Gasteiger partial charge is 0.191 e. The van der Waals surface area contributed by atoms with Crippen molar-refractivity contribution in [1.29, 1.82) is 0 Å². The SMILES string of the molecule is CN1CCCC[C@@H]1CCSc1nnc(CO)n1C1CC1. The zero-order chi connectivity index (χ0) is 13.9. The van der Waals surface area contributed by atoms with Gasteiger partial charge >= 0.3 is 0 Å². The lowest BCUT2D eigenvalue weighted by molar-refractivity contribution is 0.182. The second-order valence-corrected chi connectivity index (χ2v) is 6.99. The number of likely N-dealkylation sites (tertiary alicyclic amines) is 1. The summed E-state index contributed by atoms with van der Waals surface area (Å²) in [7, 11) is 2.24. The summed E-state index contributed by atoms with van der Waals surface area (Å²) >= 11 is 1.80. The van der Waals surface area contributed by atoms with E-state index in [0.29, 0.717) is 6.04 Å². The number of piperidine rings is 1. The van der Waals surface area contributed by atoms with E-state index in [2.05, 4.69) is 26.7 Å². The van der Waals surface area contributed by atoms with Crippen molar-refractivity contribution in [2.75, 3.05) is 19.3 Å². The third-order valence-corrected chi connectivity index (χ3v) is 5.37. The maximum Gasteiger partial charge on any atom is 0.191 e. The van der Waals surface area contributed by atoms with Crippen LogP contribution in [0, 0.1) is 0 Å². The normalized spacial score (nSPS) is 24.2. The maximum absolute atomic E-state index is 9.33. The van der Waals surface area contributed by atoms with E-state index in [1.165, 1.54) is 45.1 Å². The van der Waals surface area contributed by atoms with Crippen molar-refractivity contribution < 1.29 is 5.11 Å². The fourth-order valence-corrected chi connectivity index (χ4v) is 4.07. The first kappa shape index (κ1) is 14.4. The Hall–Kier alpha value is -0.590. The van der Waals surface area contributed by atoms with Gasteiger partial charge < -0.3 is 14.6 Å². The molecular weight excluding hydrogens is 272 g/mol. The molecule has 20 heavy (non-hydrogen) atoms. The zero-order valence-corrected chi connectivity index (χ0v) is 13.0. The summed E-state index contributed by atoms with van der Waals surface area (Å²) in [5.74, 6) is 1.82. The van der Waals surface area contributed by atoms with Crippen molar-refractivity contribution in [3.05, 3.63) is 5.82 Å². The van der Waals surface area contributed by atoms with Gasteiger partial charge in [0.2, 0.25) is 0 Å². The lowest BCUT2D eigenvalue weighted by Crippen LogP contribution is -2.36. The van der Waals surface area contributed by atoms with Crippen LogP contribution < -0.4 is 0 Å². The molecule has 1 aliphatic carbocycles. The molecule has 3 rings (SSSR count). The van der Waals surface area contributed by atoms with Gasteiger partial charge in [0.1, 0.15) is 6.61 Å². The van der Waals surface area contributed by atoms with Crippen LogP contribution in [0.4, 0.5) is 0 Å². The zero-order valence-electron chi connectivity index (χ0n) is 12.2.